The van der Waals surface area contributed by atoms with E-state index in [0.717, 1.165) is 4.31 Å². The van der Waals surface area contributed by atoms with Crippen LogP contribution in [0.5, 0.6) is 0 Å². The van der Waals surface area contributed by atoms with Gasteiger partial charge in [0.05, 0.1) is 15.6 Å². The van der Waals surface area contributed by atoms with Crippen LogP contribution in [0, 0.1) is 0 Å². The summed E-state index contributed by atoms with van der Waals surface area (Å²) in [4.78, 5) is 28.3. The second-order valence-corrected chi connectivity index (χ2v) is 12.7. The molecule has 1 N–H and O–H groups in total. The molecule has 0 heterocycles. The Balaban J connectivity index is 2.08. The van der Waals surface area contributed by atoms with Crippen LogP contribution in [0.25, 0.3) is 0 Å². The van der Waals surface area contributed by atoms with Gasteiger partial charge in [-0.3, -0.25) is 13.9 Å². The molecule has 0 aliphatic rings. The molecule has 3 aromatic carbocycles. The van der Waals surface area contributed by atoms with E-state index in [1.807, 2.05) is 13.8 Å². The second-order valence-electron chi connectivity index (χ2n) is 9.17. The Bertz CT molecular complexity index is 1470. The van der Waals surface area contributed by atoms with E-state index in [4.69, 9.17) is 46.4 Å². The van der Waals surface area contributed by atoms with Gasteiger partial charge in [0.25, 0.3) is 10.0 Å². The molecule has 12 heteroatoms. The first kappa shape index (κ1) is 32.0. The largest absolute Gasteiger partial charge is 0.352 e. The van der Waals surface area contributed by atoms with Gasteiger partial charge in [0.15, 0.2) is 0 Å². The predicted octanol–water partition coefficient (Wildman–Crippen LogP) is 6.83. The van der Waals surface area contributed by atoms with Crippen LogP contribution in [0.15, 0.2) is 71.6 Å². The number of sulfonamides is 1. The zero-order valence-electron chi connectivity index (χ0n) is 22.1. The van der Waals surface area contributed by atoms with Crippen LogP contribution in [0.4, 0.5) is 5.69 Å². The molecule has 7 nitrogen and oxygen atoms in total. The summed E-state index contributed by atoms with van der Waals surface area (Å²) in [5.74, 6) is -1.06. The summed E-state index contributed by atoms with van der Waals surface area (Å²) in [7, 11) is -4.28. The van der Waals surface area contributed by atoms with E-state index in [1.54, 1.807) is 37.3 Å². The Hall–Kier alpha value is -2.49. The van der Waals surface area contributed by atoms with Crippen molar-refractivity contribution in [2.75, 3.05) is 10.8 Å². The third-order valence-corrected chi connectivity index (χ3v) is 9.23. The van der Waals surface area contributed by atoms with E-state index in [1.165, 1.54) is 41.3 Å². The molecule has 2 amide bonds. The number of hydrogen-bond donors (Lipinski definition) is 1. The van der Waals surface area contributed by atoms with Crippen molar-refractivity contribution in [1.82, 2.24) is 10.2 Å². The fourth-order valence-corrected chi connectivity index (χ4v) is 6.14. The molecular weight excluding hydrogens is 616 g/mol. The van der Waals surface area contributed by atoms with E-state index in [-0.39, 0.29) is 33.2 Å². The van der Waals surface area contributed by atoms with Gasteiger partial charge in [0, 0.05) is 27.7 Å². The number of carbonyl (C=O) groups excluding carboxylic acids is 2. The monoisotopic (exact) mass is 643 g/mol. The van der Waals surface area contributed by atoms with Gasteiger partial charge in [-0.25, -0.2) is 8.42 Å². The van der Waals surface area contributed by atoms with Crippen molar-refractivity contribution in [2.45, 2.75) is 50.7 Å². The Morgan fingerprint density at radius 2 is 1.50 bits per heavy atom. The average molecular weight is 645 g/mol. The fraction of sp³-hybridized carbons (Fsp3) is 0.286. The van der Waals surface area contributed by atoms with E-state index in [9.17, 15) is 18.0 Å². The first-order valence-corrected chi connectivity index (χ1v) is 15.4. The quantitative estimate of drug-likeness (QED) is 0.248. The molecular formula is C28H29Cl4N3O4S. The molecule has 0 aliphatic carbocycles. The van der Waals surface area contributed by atoms with Gasteiger partial charge in [-0.15, -0.1) is 0 Å². The molecule has 0 unspecified atom stereocenters. The van der Waals surface area contributed by atoms with Crippen molar-refractivity contribution in [3.8, 4) is 0 Å². The Morgan fingerprint density at radius 3 is 2.12 bits per heavy atom. The molecule has 40 heavy (non-hydrogen) atoms. The van der Waals surface area contributed by atoms with Gasteiger partial charge in [0.2, 0.25) is 11.8 Å². The van der Waals surface area contributed by atoms with Crippen LogP contribution in [0.2, 0.25) is 20.1 Å². The summed E-state index contributed by atoms with van der Waals surface area (Å²) < 4.78 is 28.6. The average Bonchev–Trinajstić information content (AvgIpc) is 2.92. The van der Waals surface area contributed by atoms with Gasteiger partial charge >= 0.3 is 0 Å². The summed E-state index contributed by atoms with van der Waals surface area (Å²) in [5.41, 5.74) is 0.549. The number of benzene rings is 3. The van der Waals surface area contributed by atoms with E-state index >= 15 is 0 Å². The first-order valence-electron chi connectivity index (χ1n) is 12.4. The Morgan fingerprint density at radius 1 is 0.875 bits per heavy atom. The second kappa shape index (κ2) is 13.9. The standard InChI is InChI=1S/C28H29Cl4N3O4S/c1-4-18(2)33-28(37)19(3)34(16-20-10-11-21(29)14-25(20)32)27(36)17-35(26-15-22(30)12-13-24(26)31)40(38,39)23-8-6-5-7-9-23/h5-15,18-19H,4,16-17H2,1-3H3,(H,33,37)/t18-,19-/m0/s1. The highest BCUT2D eigenvalue weighted by Crippen LogP contribution is 2.33. The summed E-state index contributed by atoms with van der Waals surface area (Å²) >= 11 is 25.1. The van der Waals surface area contributed by atoms with Crippen LogP contribution in [-0.4, -0.2) is 43.8 Å². The maximum absolute atomic E-state index is 14.0. The maximum atomic E-state index is 14.0. The number of nitrogens with one attached hydrogen (secondary N) is 1. The van der Waals surface area contributed by atoms with Gasteiger partial charge in [-0.2, -0.15) is 0 Å². The number of anilines is 1. The third kappa shape index (κ3) is 7.83. The van der Waals surface area contributed by atoms with E-state index in [0.29, 0.717) is 22.0 Å². The van der Waals surface area contributed by atoms with E-state index < -0.39 is 34.4 Å². The minimum Gasteiger partial charge on any atom is -0.352 e. The van der Waals surface area contributed by atoms with Gasteiger partial charge in [-0.1, -0.05) is 77.6 Å². The number of rotatable bonds is 11. The van der Waals surface area contributed by atoms with Crippen LogP contribution in [0.1, 0.15) is 32.8 Å². The highest BCUT2D eigenvalue weighted by atomic mass is 35.5. The van der Waals surface area contributed by atoms with Crippen LogP contribution in [0.3, 0.4) is 0 Å². The lowest BCUT2D eigenvalue weighted by Gasteiger charge is -2.33. The van der Waals surface area contributed by atoms with Crippen LogP contribution in [-0.2, 0) is 26.2 Å². The lowest BCUT2D eigenvalue weighted by molar-refractivity contribution is -0.139. The number of carbonyl (C=O) groups is 2. The molecule has 0 spiro atoms. The molecule has 0 aromatic heterocycles. The zero-order valence-corrected chi connectivity index (χ0v) is 25.9. The molecule has 0 radical (unpaired) electrons. The topological polar surface area (TPSA) is 86.8 Å². The summed E-state index contributed by atoms with van der Waals surface area (Å²) in [6.45, 7) is 4.60. The number of halogens is 4. The number of hydrogen-bond acceptors (Lipinski definition) is 4. The lowest BCUT2D eigenvalue weighted by atomic mass is 10.1. The minimum atomic E-state index is -4.28. The Labute approximate surface area is 255 Å². The Kier molecular flexibility index (Phi) is 11.1. The van der Waals surface area contributed by atoms with Crippen molar-refractivity contribution in [3.63, 3.8) is 0 Å². The zero-order chi connectivity index (χ0) is 29.6. The van der Waals surface area contributed by atoms with Crippen LogP contribution < -0.4 is 9.62 Å². The molecule has 0 aliphatic heterocycles. The molecule has 0 saturated carbocycles. The van der Waals surface area contributed by atoms with E-state index in [2.05, 4.69) is 5.32 Å². The molecule has 0 bridgehead atoms. The number of amides is 2. The van der Waals surface area contributed by atoms with Crippen molar-refractivity contribution in [2.24, 2.45) is 0 Å². The van der Waals surface area contributed by atoms with Crippen molar-refractivity contribution < 1.29 is 18.0 Å². The van der Waals surface area contributed by atoms with Gasteiger partial charge in [-0.05, 0) is 68.3 Å². The van der Waals surface area contributed by atoms with Crippen molar-refractivity contribution in [1.29, 1.82) is 0 Å². The molecule has 2 atom stereocenters. The highest BCUT2D eigenvalue weighted by molar-refractivity contribution is 7.92. The predicted molar refractivity (Wildman–Crippen MR) is 162 cm³/mol. The molecule has 0 fully saturated rings. The van der Waals surface area contributed by atoms with Gasteiger partial charge < -0.3 is 10.2 Å². The maximum Gasteiger partial charge on any atom is 0.264 e. The summed E-state index contributed by atoms with van der Waals surface area (Å²) in [5, 5.41) is 3.88. The lowest BCUT2D eigenvalue weighted by Crippen LogP contribution is -2.52. The number of nitrogens with zero attached hydrogens (tertiary/aromatic N) is 2. The molecule has 3 rings (SSSR count). The third-order valence-electron chi connectivity index (χ3n) is 6.31. The summed E-state index contributed by atoms with van der Waals surface area (Å²) in [6, 6.07) is 15.7. The van der Waals surface area contributed by atoms with Crippen molar-refractivity contribution in [3.05, 3.63) is 92.4 Å². The molecule has 214 valence electrons. The highest BCUT2D eigenvalue weighted by Gasteiger charge is 2.34. The smallest absolute Gasteiger partial charge is 0.264 e. The minimum absolute atomic E-state index is 0.0209. The summed E-state index contributed by atoms with van der Waals surface area (Å²) in [6.07, 6.45) is 0.686. The SMILES string of the molecule is CC[C@H](C)NC(=O)[C@H](C)N(Cc1ccc(Cl)cc1Cl)C(=O)CN(c1cc(Cl)ccc1Cl)S(=O)(=O)c1ccccc1. The fourth-order valence-electron chi connectivity index (χ4n) is 3.79. The molecule has 3 aromatic rings. The normalized spacial score (nSPS) is 12.9. The molecule has 0 saturated heterocycles. The van der Waals surface area contributed by atoms with Crippen LogP contribution >= 0.6 is 46.4 Å². The van der Waals surface area contributed by atoms with Gasteiger partial charge in [0.1, 0.15) is 12.6 Å². The first-order chi connectivity index (χ1) is 18.8. The van der Waals surface area contributed by atoms with Crippen molar-refractivity contribution >= 4 is 73.9 Å².